The minimum atomic E-state index is -0.939. The number of benzene rings is 5. The van der Waals surface area contributed by atoms with Gasteiger partial charge in [0.05, 0.1) is 12.5 Å². The third-order valence-corrected chi connectivity index (χ3v) is 13.2. The zero-order chi connectivity index (χ0) is 45.8. The summed E-state index contributed by atoms with van der Waals surface area (Å²) in [5, 5.41) is 28.1. The van der Waals surface area contributed by atoms with Gasteiger partial charge in [-0.1, -0.05) is 99.2 Å². The number of carboxylic acids is 1. The highest BCUT2D eigenvalue weighted by molar-refractivity contribution is 5.94. The lowest BCUT2D eigenvalue weighted by atomic mass is 9.82. The number of nitrogens with one attached hydrogen (secondary N) is 2. The van der Waals surface area contributed by atoms with Gasteiger partial charge in [-0.05, 0) is 123 Å². The lowest BCUT2D eigenvalue weighted by molar-refractivity contribution is -0.136. The number of carbonyl (C=O) groups excluding carboxylic acids is 1. The van der Waals surface area contributed by atoms with Crippen molar-refractivity contribution in [2.45, 2.75) is 110 Å². The Morgan fingerprint density at radius 3 is 1.67 bits per heavy atom. The molecule has 2 saturated carbocycles. The first-order valence-electron chi connectivity index (χ1n) is 23.6. The highest BCUT2D eigenvalue weighted by Crippen LogP contribution is 2.42. The molecule has 344 valence electrons. The molecule has 10 heteroatoms. The van der Waals surface area contributed by atoms with Crippen LogP contribution in [0, 0.1) is 25.7 Å². The number of aryl methyl sites for hydroxylation is 2. The van der Waals surface area contributed by atoms with Crippen LogP contribution in [0.4, 0.5) is 5.69 Å². The average Bonchev–Trinajstić information content (AvgIpc) is 3.87. The van der Waals surface area contributed by atoms with Gasteiger partial charge in [-0.2, -0.15) is 0 Å². The molecule has 0 bridgehead atoms. The Kier molecular flexibility index (Phi) is 15.4. The zero-order valence-electron chi connectivity index (χ0n) is 38.1. The minimum absolute atomic E-state index is 0.00312. The molecule has 7 aromatic rings. The van der Waals surface area contributed by atoms with E-state index in [2.05, 4.69) is 47.9 Å². The molecule has 0 saturated heterocycles. The van der Waals surface area contributed by atoms with Crippen LogP contribution in [0.5, 0.6) is 11.5 Å². The maximum atomic E-state index is 12.4. The molecule has 2 heterocycles. The number of rotatable bonds is 16. The van der Waals surface area contributed by atoms with Crippen molar-refractivity contribution in [3.63, 3.8) is 0 Å². The van der Waals surface area contributed by atoms with E-state index in [1.165, 1.54) is 38.5 Å². The molecule has 1 amide bonds. The summed E-state index contributed by atoms with van der Waals surface area (Å²) in [6, 6.07) is 39.5. The number of carboxylic acid groups (broad SMARTS) is 1. The van der Waals surface area contributed by atoms with Crippen LogP contribution in [-0.4, -0.2) is 28.6 Å². The summed E-state index contributed by atoms with van der Waals surface area (Å²) < 4.78 is 24.5. The van der Waals surface area contributed by atoms with Gasteiger partial charge in [-0.15, -0.1) is 0 Å². The summed E-state index contributed by atoms with van der Waals surface area (Å²) in [5.74, 6) is 2.83. The smallest absolute Gasteiger partial charge is 0.305 e. The lowest BCUT2D eigenvalue weighted by Crippen LogP contribution is -2.26. The molecule has 2 fully saturated rings. The van der Waals surface area contributed by atoms with Gasteiger partial charge in [0, 0.05) is 39.7 Å². The summed E-state index contributed by atoms with van der Waals surface area (Å²) in [4.78, 5) is 23.1. The molecule has 2 aliphatic rings. The topological polar surface area (TPSA) is 143 Å². The van der Waals surface area contributed by atoms with Gasteiger partial charge >= 0.3 is 5.97 Å². The van der Waals surface area contributed by atoms with Crippen LogP contribution >= 0.6 is 0 Å². The van der Waals surface area contributed by atoms with Crippen molar-refractivity contribution in [1.29, 1.82) is 0 Å². The van der Waals surface area contributed by atoms with E-state index in [1.54, 1.807) is 12.1 Å². The van der Waals surface area contributed by atoms with E-state index in [1.807, 2.05) is 85.8 Å². The van der Waals surface area contributed by atoms with Crippen LogP contribution in [0.3, 0.4) is 0 Å². The molecule has 4 N–H and O–H groups in total. The van der Waals surface area contributed by atoms with Crippen molar-refractivity contribution in [3.05, 3.63) is 161 Å². The first-order chi connectivity index (χ1) is 32.2. The summed E-state index contributed by atoms with van der Waals surface area (Å²) in [5.41, 5.74) is 7.47. The Balaban J connectivity index is 0.000000196. The van der Waals surface area contributed by atoms with Crippen LogP contribution < -0.4 is 20.1 Å². The van der Waals surface area contributed by atoms with Crippen molar-refractivity contribution in [2.24, 2.45) is 11.8 Å². The third-order valence-electron chi connectivity index (χ3n) is 13.2. The molecule has 2 aromatic heterocycles. The number of hydrogen-bond acceptors (Lipinski definition) is 8. The van der Waals surface area contributed by atoms with Crippen LogP contribution in [0.15, 0.2) is 130 Å². The lowest BCUT2D eigenvalue weighted by Gasteiger charge is -2.31. The summed E-state index contributed by atoms with van der Waals surface area (Å²) >= 11 is 0. The molecule has 2 unspecified atom stereocenters. The van der Waals surface area contributed by atoms with E-state index in [4.69, 9.17) is 23.4 Å². The summed E-state index contributed by atoms with van der Waals surface area (Å²) in [6.45, 7) is 5.30. The monoisotopic (exact) mass is 890 g/mol. The molecule has 10 nitrogen and oxygen atoms in total. The molecular formula is C56H62N2O8. The van der Waals surface area contributed by atoms with Crippen molar-refractivity contribution < 1.29 is 38.1 Å². The number of anilines is 1. The van der Waals surface area contributed by atoms with Gasteiger partial charge in [0.25, 0.3) is 5.91 Å². The SMILES string of the molecule is Cc1c(C(Nc2ccc(C(=O)NCCC(=O)O)cc2)C2CCCCC2)oc2ccc(OCc3ccccc3)cc12.Cc1c(C(O)C2CCCCC2)oc2ccc(OCc3ccccc3)cc12. The normalized spacial score (nSPS) is 15.4. The quantitative estimate of drug-likeness (QED) is 0.0745. The fourth-order valence-electron chi connectivity index (χ4n) is 9.49. The summed E-state index contributed by atoms with van der Waals surface area (Å²) in [6.07, 6.45) is 11.2. The number of furan rings is 2. The summed E-state index contributed by atoms with van der Waals surface area (Å²) in [7, 11) is 0. The predicted octanol–water partition coefficient (Wildman–Crippen LogP) is 13.2. The van der Waals surface area contributed by atoms with E-state index in [0.717, 1.165) is 98.6 Å². The van der Waals surface area contributed by atoms with Gasteiger partial charge in [0.1, 0.15) is 53.5 Å². The van der Waals surface area contributed by atoms with Crippen LogP contribution in [0.25, 0.3) is 21.9 Å². The zero-order valence-corrected chi connectivity index (χ0v) is 38.1. The molecule has 2 aliphatic carbocycles. The number of fused-ring (bicyclic) bond motifs is 2. The van der Waals surface area contributed by atoms with Crippen molar-refractivity contribution in [2.75, 3.05) is 11.9 Å². The Morgan fingerprint density at radius 2 is 1.14 bits per heavy atom. The predicted molar refractivity (Wildman–Crippen MR) is 259 cm³/mol. The Labute approximate surface area is 387 Å². The van der Waals surface area contributed by atoms with Gasteiger partial charge in [0.15, 0.2) is 0 Å². The van der Waals surface area contributed by atoms with Crippen molar-refractivity contribution >= 4 is 39.5 Å². The number of aliphatic carboxylic acids is 1. The molecule has 0 radical (unpaired) electrons. The Morgan fingerprint density at radius 1 is 0.636 bits per heavy atom. The molecule has 2 atom stereocenters. The third kappa shape index (κ3) is 11.6. The van der Waals surface area contributed by atoms with E-state index in [-0.39, 0.29) is 24.9 Å². The molecule has 0 aliphatic heterocycles. The van der Waals surface area contributed by atoms with E-state index >= 15 is 0 Å². The first kappa shape index (κ1) is 46.0. The molecular weight excluding hydrogens is 829 g/mol. The van der Waals surface area contributed by atoms with Gasteiger partial charge in [-0.3, -0.25) is 9.59 Å². The Hall–Kier alpha value is -6.52. The number of aliphatic hydroxyl groups is 1. The van der Waals surface area contributed by atoms with Crippen LogP contribution in [0.2, 0.25) is 0 Å². The second-order valence-electron chi connectivity index (χ2n) is 17.9. The molecule has 5 aromatic carbocycles. The number of carbonyl (C=O) groups is 2. The van der Waals surface area contributed by atoms with Gasteiger partial charge in [0.2, 0.25) is 0 Å². The van der Waals surface area contributed by atoms with E-state index in [0.29, 0.717) is 30.6 Å². The molecule has 66 heavy (non-hydrogen) atoms. The number of aliphatic hydroxyl groups excluding tert-OH is 1. The number of hydrogen-bond donors (Lipinski definition) is 4. The highest BCUT2D eigenvalue weighted by atomic mass is 16.5. The fourth-order valence-corrected chi connectivity index (χ4v) is 9.49. The maximum absolute atomic E-state index is 12.4. The van der Waals surface area contributed by atoms with Crippen LogP contribution in [0.1, 0.15) is 127 Å². The van der Waals surface area contributed by atoms with E-state index < -0.39 is 12.1 Å². The standard InChI is InChI=1S/C33H36N2O5.C23H26O3/c1-22-28-20-27(39-21-23-8-4-2-5-9-23)16-17-29(28)40-32(22)31(24-10-6-3-7-11-24)35-26-14-12-25(13-15-26)33(38)34-19-18-30(36)37;1-16-20-14-19(25-15-17-8-4-2-5-9-17)12-13-21(20)26-23(16)22(24)18-10-6-3-7-11-18/h2,4-5,8-9,12-17,20,24,31,35H,3,6-7,10-11,18-19,21H2,1H3,(H,34,38)(H,36,37);2,4-5,8-9,12-14,18,22,24H,3,6-7,10-11,15H2,1H3. The molecule has 9 rings (SSSR count). The molecule has 0 spiro atoms. The first-order valence-corrected chi connectivity index (χ1v) is 23.6. The Bertz CT molecular complexity index is 2660. The minimum Gasteiger partial charge on any atom is -0.489 e. The number of ether oxygens (including phenoxy) is 2. The maximum Gasteiger partial charge on any atom is 0.305 e. The number of amides is 1. The second-order valence-corrected chi connectivity index (χ2v) is 17.9. The van der Waals surface area contributed by atoms with Gasteiger partial charge < -0.3 is 39.2 Å². The van der Waals surface area contributed by atoms with E-state index in [9.17, 15) is 14.7 Å². The van der Waals surface area contributed by atoms with Gasteiger partial charge in [-0.25, -0.2) is 0 Å². The largest absolute Gasteiger partial charge is 0.489 e. The van der Waals surface area contributed by atoms with Crippen LogP contribution in [-0.2, 0) is 18.0 Å². The van der Waals surface area contributed by atoms with Crippen molar-refractivity contribution in [1.82, 2.24) is 5.32 Å². The fraction of sp³-hybridized carbons (Fsp3) is 0.357. The average molecular weight is 891 g/mol. The van der Waals surface area contributed by atoms with Crippen molar-refractivity contribution in [3.8, 4) is 11.5 Å². The second kappa shape index (κ2) is 22.1. The highest BCUT2D eigenvalue weighted by Gasteiger charge is 2.31.